The zero-order chi connectivity index (χ0) is 22.6. The first kappa shape index (κ1) is 20.8. The van der Waals surface area contributed by atoms with Crippen LogP contribution in [-0.2, 0) is 4.79 Å². The number of amides is 3. The number of aromatic nitrogens is 1. The Morgan fingerprint density at radius 2 is 2.00 bits per heavy atom. The lowest BCUT2D eigenvalue weighted by molar-refractivity contribution is -0.118. The van der Waals surface area contributed by atoms with Crippen LogP contribution in [0.4, 0.5) is 14.9 Å². The molecule has 3 heterocycles. The minimum absolute atomic E-state index is 0.0546. The van der Waals surface area contributed by atoms with E-state index in [4.69, 9.17) is 16.3 Å². The van der Waals surface area contributed by atoms with Crippen LogP contribution in [0.3, 0.4) is 0 Å². The summed E-state index contributed by atoms with van der Waals surface area (Å²) in [6.07, 6.45) is 3.20. The van der Waals surface area contributed by atoms with Crippen LogP contribution in [0.5, 0.6) is 5.75 Å². The number of carbonyl (C=O) groups is 2. The molecule has 1 fully saturated rings. The number of pyridine rings is 1. The number of rotatable bonds is 3. The van der Waals surface area contributed by atoms with Crippen molar-refractivity contribution >= 4 is 56.7 Å². The van der Waals surface area contributed by atoms with Gasteiger partial charge in [-0.2, -0.15) is 0 Å². The standard InChI is InChI=1S/C23H17ClFN3O3S/c1-11-19-21(32-20(11)14-7-18(31-2)16(25)8-15(14)24)22(29)28(23(30)27-19)17-10-26-9-12-5-3-4-6-13(12)17/h3-10,19,21H,1-2H3,(H,27,30). The monoisotopic (exact) mass is 469 g/mol. The van der Waals surface area contributed by atoms with Crippen molar-refractivity contribution < 1.29 is 18.7 Å². The fourth-order valence-electron chi connectivity index (χ4n) is 4.10. The van der Waals surface area contributed by atoms with E-state index in [1.54, 1.807) is 6.20 Å². The number of urea groups is 1. The van der Waals surface area contributed by atoms with Crippen molar-refractivity contribution in [1.29, 1.82) is 0 Å². The molecule has 9 heteroatoms. The van der Waals surface area contributed by atoms with Crippen LogP contribution in [0, 0.1) is 5.82 Å². The molecule has 3 aromatic rings. The molecule has 0 bridgehead atoms. The Morgan fingerprint density at radius 3 is 2.78 bits per heavy atom. The molecule has 2 aliphatic heterocycles. The van der Waals surface area contributed by atoms with Gasteiger partial charge in [-0.05, 0) is 24.6 Å². The zero-order valence-electron chi connectivity index (χ0n) is 17.1. The van der Waals surface area contributed by atoms with E-state index in [-0.39, 0.29) is 16.7 Å². The maximum absolute atomic E-state index is 14.0. The summed E-state index contributed by atoms with van der Waals surface area (Å²) in [5.41, 5.74) is 1.77. The molecule has 2 aliphatic rings. The molecule has 2 aromatic carbocycles. The first-order chi connectivity index (χ1) is 15.4. The normalized spacial score (nSPS) is 20.6. The SMILES string of the molecule is COc1cc(C2=C(C)C3NC(=O)N(c4cncc5ccccc45)C(=O)C3S2)c(Cl)cc1F. The van der Waals surface area contributed by atoms with Crippen LogP contribution in [-0.4, -0.2) is 35.3 Å². The van der Waals surface area contributed by atoms with Gasteiger partial charge in [0.2, 0.25) is 0 Å². The molecule has 1 saturated heterocycles. The Morgan fingerprint density at radius 1 is 1.22 bits per heavy atom. The summed E-state index contributed by atoms with van der Waals surface area (Å²) in [6.45, 7) is 1.84. The summed E-state index contributed by atoms with van der Waals surface area (Å²) in [7, 11) is 1.37. The van der Waals surface area contributed by atoms with E-state index in [1.807, 2.05) is 31.2 Å². The first-order valence-electron chi connectivity index (χ1n) is 9.78. The number of methoxy groups -OCH3 is 1. The van der Waals surface area contributed by atoms with Crippen molar-refractivity contribution in [1.82, 2.24) is 10.3 Å². The van der Waals surface area contributed by atoms with Crippen molar-refractivity contribution in [3.63, 3.8) is 0 Å². The number of carbonyl (C=O) groups excluding carboxylic acids is 2. The van der Waals surface area contributed by atoms with Crippen molar-refractivity contribution in [2.45, 2.75) is 18.2 Å². The Balaban J connectivity index is 1.54. The summed E-state index contributed by atoms with van der Waals surface area (Å²) < 4.78 is 19.1. The lowest BCUT2D eigenvalue weighted by Crippen LogP contribution is -2.61. The Hall–Kier alpha value is -3.10. The molecule has 1 aromatic heterocycles. The van der Waals surface area contributed by atoms with Crippen molar-refractivity contribution in [3.05, 3.63) is 70.8 Å². The zero-order valence-corrected chi connectivity index (χ0v) is 18.6. The number of halogens is 2. The number of hydrogen-bond acceptors (Lipinski definition) is 5. The molecule has 6 nitrogen and oxygen atoms in total. The molecule has 2 atom stereocenters. The van der Waals surface area contributed by atoms with E-state index >= 15 is 0 Å². The van der Waals surface area contributed by atoms with E-state index in [0.29, 0.717) is 11.3 Å². The minimum atomic E-state index is -0.589. The summed E-state index contributed by atoms with van der Waals surface area (Å²) in [4.78, 5) is 32.6. The molecule has 0 radical (unpaired) electrons. The van der Waals surface area contributed by atoms with Gasteiger partial charge in [-0.25, -0.2) is 14.1 Å². The van der Waals surface area contributed by atoms with E-state index in [9.17, 15) is 14.0 Å². The van der Waals surface area contributed by atoms with Gasteiger partial charge in [0.25, 0.3) is 5.91 Å². The summed E-state index contributed by atoms with van der Waals surface area (Å²) in [5.74, 6) is -0.862. The van der Waals surface area contributed by atoms with Gasteiger partial charge in [0.05, 0.1) is 30.1 Å². The van der Waals surface area contributed by atoms with Gasteiger partial charge < -0.3 is 10.1 Å². The number of ether oxygens (including phenoxy) is 1. The summed E-state index contributed by atoms with van der Waals surface area (Å²) in [6, 6.07) is 9.12. The van der Waals surface area contributed by atoms with E-state index in [1.165, 1.54) is 37.2 Å². The smallest absolute Gasteiger partial charge is 0.329 e. The molecule has 0 saturated carbocycles. The third-order valence-electron chi connectivity index (χ3n) is 5.69. The second kappa shape index (κ2) is 7.79. The summed E-state index contributed by atoms with van der Waals surface area (Å²) >= 11 is 7.62. The number of hydrogen-bond donors (Lipinski definition) is 1. The fourth-order valence-corrected chi connectivity index (χ4v) is 5.88. The van der Waals surface area contributed by atoms with Crippen LogP contribution in [0.2, 0.25) is 5.02 Å². The highest BCUT2D eigenvalue weighted by atomic mass is 35.5. The van der Waals surface area contributed by atoms with Gasteiger partial charge in [0, 0.05) is 27.4 Å². The molecule has 32 heavy (non-hydrogen) atoms. The second-order valence-corrected chi connectivity index (χ2v) is 9.06. The summed E-state index contributed by atoms with van der Waals surface area (Å²) in [5, 5.41) is 4.14. The molecular weight excluding hydrogens is 453 g/mol. The maximum atomic E-state index is 14.0. The minimum Gasteiger partial charge on any atom is -0.494 e. The fraction of sp³-hybridized carbons (Fsp3) is 0.174. The Labute approximate surface area is 192 Å². The first-order valence-corrected chi connectivity index (χ1v) is 11.0. The molecule has 2 unspecified atom stereocenters. The number of thioether (sulfide) groups is 1. The number of nitrogens with zero attached hydrogens (tertiary/aromatic N) is 2. The highest BCUT2D eigenvalue weighted by Gasteiger charge is 2.48. The predicted molar refractivity (Wildman–Crippen MR) is 123 cm³/mol. The van der Waals surface area contributed by atoms with Gasteiger partial charge in [-0.3, -0.25) is 9.78 Å². The predicted octanol–water partition coefficient (Wildman–Crippen LogP) is 5.01. The van der Waals surface area contributed by atoms with Crippen LogP contribution in [0.15, 0.2) is 54.4 Å². The van der Waals surface area contributed by atoms with Gasteiger partial charge in [-0.15, -0.1) is 11.8 Å². The van der Waals surface area contributed by atoms with Gasteiger partial charge in [0.1, 0.15) is 5.25 Å². The van der Waals surface area contributed by atoms with Crippen LogP contribution in [0.25, 0.3) is 15.7 Å². The van der Waals surface area contributed by atoms with Gasteiger partial charge >= 0.3 is 6.03 Å². The number of fused-ring (bicyclic) bond motifs is 2. The van der Waals surface area contributed by atoms with Crippen LogP contribution in [0.1, 0.15) is 12.5 Å². The highest BCUT2D eigenvalue weighted by molar-refractivity contribution is 8.10. The molecular formula is C23H17ClFN3O3S. The van der Waals surface area contributed by atoms with E-state index < -0.39 is 23.1 Å². The number of nitrogens with one attached hydrogen (secondary N) is 1. The number of benzene rings is 2. The second-order valence-electron chi connectivity index (χ2n) is 7.50. The average molecular weight is 470 g/mol. The molecule has 5 rings (SSSR count). The Kier molecular flexibility index (Phi) is 5.06. The third-order valence-corrected chi connectivity index (χ3v) is 7.51. The van der Waals surface area contributed by atoms with Crippen LogP contribution >= 0.6 is 23.4 Å². The maximum Gasteiger partial charge on any atom is 0.329 e. The van der Waals surface area contributed by atoms with E-state index in [2.05, 4.69) is 10.3 Å². The van der Waals surface area contributed by atoms with Gasteiger partial charge in [-0.1, -0.05) is 35.9 Å². The number of anilines is 1. The van der Waals surface area contributed by atoms with Crippen molar-refractivity contribution in [2.75, 3.05) is 12.0 Å². The molecule has 0 aliphatic carbocycles. The largest absolute Gasteiger partial charge is 0.494 e. The Bertz CT molecular complexity index is 1320. The molecule has 1 N–H and O–H groups in total. The van der Waals surface area contributed by atoms with Crippen molar-refractivity contribution in [3.8, 4) is 5.75 Å². The third kappa shape index (κ3) is 3.13. The highest BCUT2D eigenvalue weighted by Crippen LogP contribution is 2.49. The average Bonchev–Trinajstić information content (AvgIpc) is 3.10. The van der Waals surface area contributed by atoms with Crippen molar-refractivity contribution in [2.24, 2.45) is 0 Å². The van der Waals surface area contributed by atoms with E-state index in [0.717, 1.165) is 26.2 Å². The molecule has 0 spiro atoms. The lowest BCUT2D eigenvalue weighted by Gasteiger charge is -2.34. The number of imide groups is 1. The van der Waals surface area contributed by atoms with Gasteiger partial charge in [0.15, 0.2) is 11.6 Å². The quantitative estimate of drug-likeness (QED) is 0.584. The topological polar surface area (TPSA) is 71.5 Å². The molecule has 3 amide bonds. The van der Waals surface area contributed by atoms with Crippen LogP contribution < -0.4 is 15.0 Å². The lowest BCUT2D eigenvalue weighted by atomic mass is 9.99. The molecule has 162 valence electrons.